The van der Waals surface area contributed by atoms with Crippen LogP contribution in [0.1, 0.15) is 11.6 Å². The third-order valence-corrected chi connectivity index (χ3v) is 2.25. The highest BCUT2D eigenvalue weighted by Crippen LogP contribution is 2.16. The maximum Gasteiger partial charge on any atom is 0.0705 e. The van der Waals surface area contributed by atoms with Crippen LogP contribution in [0.4, 0.5) is 0 Å². The summed E-state index contributed by atoms with van der Waals surface area (Å²) in [6.07, 6.45) is 1.75. The first-order chi connectivity index (χ1) is 6.81. The molecule has 0 aliphatic carbocycles. The van der Waals surface area contributed by atoms with Crippen molar-refractivity contribution in [2.24, 2.45) is 5.73 Å². The van der Waals surface area contributed by atoms with Gasteiger partial charge in [0.15, 0.2) is 0 Å². The molecule has 1 atom stereocenters. The van der Waals surface area contributed by atoms with Crippen molar-refractivity contribution in [1.29, 1.82) is 0 Å². The monoisotopic (exact) mass is 188 g/mol. The molecule has 1 aromatic carbocycles. The lowest BCUT2D eigenvalue weighted by Crippen LogP contribution is -2.14. The van der Waals surface area contributed by atoms with Crippen molar-refractivity contribution < 1.29 is 5.11 Å². The van der Waals surface area contributed by atoms with Crippen molar-refractivity contribution in [1.82, 2.24) is 4.98 Å². The molecule has 14 heavy (non-hydrogen) atoms. The van der Waals surface area contributed by atoms with Gasteiger partial charge in [-0.15, -0.1) is 0 Å². The van der Waals surface area contributed by atoms with Gasteiger partial charge < -0.3 is 10.8 Å². The SMILES string of the molecule is N[C@@H](CO)c1ccc2cccnc2c1. The van der Waals surface area contributed by atoms with Gasteiger partial charge in [0.1, 0.15) is 0 Å². The summed E-state index contributed by atoms with van der Waals surface area (Å²) in [5.74, 6) is 0. The summed E-state index contributed by atoms with van der Waals surface area (Å²) in [6.45, 7) is -0.0433. The molecular weight excluding hydrogens is 176 g/mol. The molecule has 0 amide bonds. The Balaban J connectivity index is 2.51. The molecule has 0 saturated heterocycles. The lowest BCUT2D eigenvalue weighted by Gasteiger charge is -2.08. The van der Waals surface area contributed by atoms with Gasteiger partial charge in [0.25, 0.3) is 0 Å². The van der Waals surface area contributed by atoms with Crippen LogP contribution in [0, 0.1) is 0 Å². The topological polar surface area (TPSA) is 59.1 Å². The van der Waals surface area contributed by atoms with Gasteiger partial charge in [-0.25, -0.2) is 0 Å². The number of rotatable bonds is 2. The fraction of sp³-hybridized carbons (Fsp3) is 0.182. The van der Waals surface area contributed by atoms with Gasteiger partial charge in [0, 0.05) is 11.6 Å². The van der Waals surface area contributed by atoms with Gasteiger partial charge >= 0.3 is 0 Å². The molecule has 3 N–H and O–H groups in total. The zero-order chi connectivity index (χ0) is 9.97. The summed E-state index contributed by atoms with van der Waals surface area (Å²) < 4.78 is 0. The third-order valence-electron chi connectivity index (χ3n) is 2.25. The maximum absolute atomic E-state index is 8.91. The lowest BCUT2D eigenvalue weighted by atomic mass is 10.1. The van der Waals surface area contributed by atoms with Gasteiger partial charge in [-0.1, -0.05) is 18.2 Å². The van der Waals surface area contributed by atoms with Gasteiger partial charge in [0.2, 0.25) is 0 Å². The predicted molar refractivity (Wildman–Crippen MR) is 55.8 cm³/mol. The van der Waals surface area contributed by atoms with Crippen molar-refractivity contribution in [2.75, 3.05) is 6.61 Å². The van der Waals surface area contributed by atoms with Gasteiger partial charge in [-0.2, -0.15) is 0 Å². The molecule has 0 unspecified atom stereocenters. The molecule has 2 aromatic rings. The Labute approximate surface area is 82.2 Å². The smallest absolute Gasteiger partial charge is 0.0705 e. The molecular formula is C11H12N2O. The number of aliphatic hydroxyl groups is 1. The lowest BCUT2D eigenvalue weighted by molar-refractivity contribution is 0.268. The Bertz CT molecular complexity index is 442. The van der Waals surface area contributed by atoms with Crippen LogP contribution in [-0.2, 0) is 0 Å². The molecule has 1 heterocycles. The molecule has 1 aromatic heterocycles. The van der Waals surface area contributed by atoms with Gasteiger partial charge in [-0.3, -0.25) is 4.98 Å². The van der Waals surface area contributed by atoms with E-state index in [1.165, 1.54) is 0 Å². The second kappa shape index (κ2) is 3.74. The molecule has 3 nitrogen and oxygen atoms in total. The summed E-state index contributed by atoms with van der Waals surface area (Å²) >= 11 is 0. The number of benzene rings is 1. The van der Waals surface area contributed by atoms with Crippen LogP contribution < -0.4 is 5.73 Å². The zero-order valence-corrected chi connectivity index (χ0v) is 7.72. The standard InChI is InChI=1S/C11H12N2O/c12-10(7-14)9-4-3-8-2-1-5-13-11(8)6-9/h1-6,10,14H,7,12H2/t10-/m0/s1. The number of hydrogen-bond donors (Lipinski definition) is 2. The normalized spacial score (nSPS) is 13.0. The second-order valence-electron chi connectivity index (χ2n) is 3.24. The van der Waals surface area contributed by atoms with Crippen molar-refractivity contribution in [3.8, 4) is 0 Å². The number of nitrogens with two attached hydrogens (primary N) is 1. The average molecular weight is 188 g/mol. The molecule has 0 bridgehead atoms. The van der Waals surface area contributed by atoms with E-state index in [0.717, 1.165) is 16.5 Å². The molecule has 0 radical (unpaired) electrons. The molecule has 0 saturated carbocycles. The van der Waals surface area contributed by atoms with Crippen molar-refractivity contribution in [3.63, 3.8) is 0 Å². The van der Waals surface area contributed by atoms with E-state index in [-0.39, 0.29) is 12.6 Å². The highest BCUT2D eigenvalue weighted by atomic mass is 16.3. The number of aromatic nitrogens is 1. The van der Waals surface area contributed by atoms with E-state index in [0.29, 0.717) is 0 Å². The van der Waals surface area contributed by atoms with Crippen LogP contribution in [-0.4, -0.2) is 16.7 Å². The third kappa shape index (κ3) is 1.60. The number of aliphatic hydroxyl groups excluding tert-OH is 1. The highest BCUT2D eigenvalue weighted by Gasteiger charge is 2.04. The first-order valence-corrected chi connectivity index (χ1v) is 4.52. The van der Waals surface area contributed by atoms with Gasteiger partial charge in [-0.05, 0) is 17.7 Å². The number of fused-ring (bicyclic) bond motifs is 1. The maximum atomic E-state index is 8.91. The predicted octanol–water partition coefficient (Wildman–Crippen LogP) is 1.23. The molecule has 3 heteroatoms. The minimum Gasteiger partial charge on any atom is -0.394 e. The molecule has 72 valence electrons. The first-order valence-electron chi connectivity index (χ1n) is 4.52. The second-order valence-corrected chi connectivity index (χ2v) is 3.24. The van der Waals surface area contributed by atoms with E-state index < -0.39 is 0 Å². The minimum absolute atomic E-state index is 0.0433. The number of pyridine rings is 1. The van der Waals surface area contributed by atoms with Crippen LogP contribution in [0.3, 0.4) is 0 Å². The average Bonchev–Trinajstić information content (AvgIpc) is 2.27. The summed E-state index contributed by atoms with van der Waals surface area (Å²) in [5, 5.41) is 10.00. The summed E-state index contributed by atoms with van der Waals surface area (Å²) in [7, 11) is 0. The fourth-order valence-electron chi connectivity index (χ4n) is 1.42. The van der Waals surface area contributed by atoms with Crippen LogP contribution in [0.25, 0.3) is 10.9 Å². The Morgan fingerprint density at radius 1 is 1.36 bits per heavy atom. The van der Waals surface area contributed by atoms with Crippen molar-refractivity contribution >= 4 is 10.9 Å². The number of nitrogens with zero attached hydrogens (tertiary/aromatic N) is 1. The van der Waals surface area contributed by atoms with E-state index in [2.05, 4.69) is 4.98 Å². The number of hydrogen-bond acceptors (Lipinski definition) is 3. The van der Waals surface area contributed by atoms with Gasteiger partial charge in [0.05, 0.1) is 18.2 Å². The Kier molecular flexibility index (Phi) is 2.43. The van der Waals surface area contributed by atoms with Crippen LogP contribution in [0.5, 0.6) is 0 Å². The minimum atomic E-state index is -0.318. The first kappa shape index (κ1) is 9.12. The van der Waals surface area contributed by atoms with Crippen LogP contribution in [0.2, 0.25) is 0 Å². The van der Waals surface area contributed by atoms with E-state index in [1.54, 1.807) is 6.20 Å². The molecule has 2 rings (SSSR count). The van der Waals surface area contributed by atoms with Crippen LogP contribution in [0.15, 0.2) is 36.5 Å². The van der Waals surface area contributed by atoms with E-state index >= 15 is 0 Å². The molecule has 0 aliphatic rings. The molecule has 0 spiro atoms. The summed E-state index contributed by atoms with van der Waals surface area (Å²) in [6, 6.07) is 9.38. The quantitative estimate of drug-likeness (QED) is 0.745. The fourth-order valence-corrected chi connectivity index (χ4v) is 1.42. The Morgan fingerprint density at radius 2 is 2.21 bits per heavy atom. The van der Waals surface area contributed by atoms with Crippen molar-refractivity contribution in [3.05, 3.63) is 42.1 Å². The Hall–Kier alpha value is -1.45. The summed E-state index contributed by atoms with van der Waals surface area (Å²) in [5.41, 5.74) is 7.53. The summed E-state index contributed by atoms with van der Waals surface area (Å²) in [4.78, 5) is 4.22. The van der Waals surface area contributed by atoms with E-state index in [1.807, 2.05) is 30.3 Å². The van der Waals surface area contributed by atoms with E-state index in [4.69, 9.17) is 10.8 Å². The molecule has 0 fully saturated rings. The zero-order valence-electron chi connectivity index (χ0n) is 7.72. The Morgan fingerprint density at radius 3 is 3.00 bits per heavy atom. The molecule has 0 aliphatic heterocycles. The van der Waals surface area contributed by atoms with E-state index in [9.17, 15) is 0 Å². The van der Waals surface area contributed by atoms with Crippen LogP contribution >= 0.6 is 0 Å². The largest absolute Gasteiger partial charge is 0.394 e. The highest BCUT2D eigenvalue weighted by molar-refractivity contribution is 5.78. The van der Waals surface area contributed by atoms with Crippen molar-refractivity contribution in [2.45, 2.75) is 6.04 Å².